The van der Waals surface area contributed by atoms with Gasteiger partial charge in [-0.05, 0) is 218 Å². The molecule has 97 heavy (non-hydrogen) atoms. The minimum Gasteiger partial charge on any atom is -0.200 e. The third-order valence-corrected chi connectivity index (χ3v) is 18.1. The fourth-order valence-corrected chi connectivity index (χ4v) is 12.3. The molecule has 494 valence electrons. The molecular formula is C93H106N4+4. The number of aryl methyl sites for hydroxylation is 12. The predicted octanol–water partition coefficient (Wildman–Crippen LogP) is 22.6. The van der Waals surface area contributed by atoms with Gasteiger partial charge in [-0.1, -0.05) is 206 Å². The number of hydrogen-bond donors (Lipinski definition) is 0. The zero-order valence-corrected chi connectivity index (χ0v) is 59.5. The second-order valence-corrected chi connectivity index (χ2v) is 26.5. The van der Waals surface area contributed by atoms with Gasteiger partial charge in [-0.2, -0.15) is 0 Å². The van der Waals surface area contributed by atoms with Crippen molar-refractivity contribution in [1.82, 2.24) is 0 Å². The molecule has 4 aromatic heterocycles. The molecule has 4 heteroatoms. The van der Waals surface area contributed by atoms with Gasteiger partial charge in [0.25, 0.3) is 0 Å². The van der Waals surface area contributed by atoms with E-state index in [1.54, 1.807) is 37.3 Å². The zero-order chi connectivity index (χ0) is 84.3. The Morgan fingerprint density at radius 3 is 0.897 bits per heavy atom. The van der Waals surface area contributed by atoms with Crippen LogP contribution in [0.15, 0.2) is 237 Å². The van der Waals surface area contributed by atoms with E-state index < -0.39 is 46.0 Å². The second kappa shape index (κ2) is 31.9. The fourth-order valence-electron chi connectivity index (χ4n) is 12.3. The molecule has 0 radical (unpaired) electrons. The summed E-state index contributed by atoms with van der Waals surface area (Å²) in [6, 6.07) is 69.9. The van der Waals surface area contributed by atoms with Crippen LogP contribution in [-0.4, -0.2) is 0 Å². The van der Waals surface area contributed by atoms with Crippen molar-refractivity contribution in [3.63, 3.8) is 0 Å². The molecule has 12 aromatic rings. The summed E-state index contributed by atoms with van der Waals surface area (Å²) in [6.07, 6.45) is 8.14. The van der Waals surface area contributed by atoms with Crippen LogP contribution in [-0.2, 0) is 28.2 Å². The van der Waals surface area contributed by atoms with Crippen molar-refractivity contribution in [2.75, 3.05) is 0 Å². The molecule has 8 aromatic carbocycles. The van der Waals surface area contributed by atoms with E-state index in [4.69, 9.17) is 23.3 Å². The SMILES string of the molecule is Cc1ccccc1-c1ccc(-c2cc(C(C)C)cc(C(C)C)c2)c[n+]1C.[2H]C([2H])([2H])C([2H])(C)c1cc(-c2ccc(-c3ccccc3C)[n+](C)c2)cc(C([2H])(C)C([2H])([2H])[2H])c1.[2H]C([2H])([2H])c1cc(-c2ccc(-c3ccccc3C)[n+](C)c2)cc(C)c1C([2H])([2H])[2H].[2H]C([2H])([2H])c1cc(C)cc(-c2ccc(-c3ccccc3C)[n+](C)c2)c1. The third-order valence-electron chi connectivity index (χ3n) is 18.1. The monoisotopic (exact) mass is 1300 g/mol. The molecule has 2 atom stereocenters. The molecule has 0 bridgehead atoms. The quantitative estimate of drug-likeness (QED) is 0.108. The third kappa shape index (κ3) is 17.7. The summed E-state index contributed by atoms with van der Waals surface area (Å²) in [7, 11) is 8.01. The molecule has 0 spiro atoms. The van der Waals surface area contributed by atoms with Gasteiger partial charge in [-0.15, -0.1) is 0 Å². The molecule has 0 amide bonds. The average molecular weight is 1300 g/mol. The number of pyridine rings is 4. The first-order valence-electron chi connectivity index (χ1n) is 41.8. The Bertz CT molecular complexity index is 5390. The van der Waals surface area contributed by atoms with Gasteiger partial charge >= 0.3 is 0 Å². The second-order valence-electron chi connectivity index (χ2n) is 26.5. The van der Waals surface area contributed by atoms with Gasteiger partial charge in [-0.25, -0.2) is 18.3 Å². The highest BCUT2D eigenvalue weighted by atomic mass is 14.9. The standard InChI is InChI=1S/2C25H30N.C22H24N.C21H22N/c2*1-17(2)21-13-22(18(3)4)15-23(14-21)20-11-12-25(26(6)16-20)24-10-8-7-9-19(24)5;1-15-8-6-7-9-21(15)22-11-10-19(14-23(22)5)20-12-16(2)18(4)17(3)13-20;1-15-11-16(2)13-19(12-15)18-9-10-21(22(4)14-18)20-8-6-5-7-17(20)3/h2*7-18H,1-6H3;6-14H,1-5H3;5-14H,1-4H3/q4*+1/i1D3,3D3,17D,18D;;2D3,4D3;1D3. The van der Waals surface area contributed by atoms with E-state index in [2.05, 4.69) is 168 Å². The lowest BCUT2D eigenvalue weighted by Crippen LogP contribution is -2.30. The maximum Gasteiger partial charge on any atom is 0.212 e. The van der Waals surface area contributed by atoms with E-state index in [9.17, 15) is 0 Å². The molecule has 2 unspecified atom stereocenters. The van der Waals surface area contributed by atoms with Crippen LogP contribution in [0.25, 0.3) is 89.5 Å². The van der Waals surface area contributed by atoms with E-state index >= 15 is 0 Å². The topological polar surface area (TPSA) is 15.5 Å². The molecule has 0 aliphatic heterocycles. The van der Waals surface area contributed by atoms with E-state index in [0.717, 1.165) is 61.6 Å². The normalized spacial score (nSPS) is 15.5. The predicted molar refractivity (Wildman–Crippen MR) is 413 cm³/mol. The van der Waals surface area contributed by atoms with Crippen molar-refractivity contribution in [2.45, 2.75) is 141 Å². The molecular weight excluding hydrogens is 1170 g/mol. The summed E-state index contributed by atoms with van der Waals surface area (Å²) < 4.78 is 142. The summed E-state index contributed by atoms with van der Waals surface area (Å²) in [5.74, 6) is -2.89. The Morgan fingerprint density at radius 2 is 0.588 bits per heavy atom. The smallest absolute Gasteiger partial charge is 0.200 e. The van der Waals surface area contributed by atoms with Crippen molar-refractivity contribution >= 4 is 0 Å². The van der Waals surface area contributed by atoms with Crippen LogP contribution in [0.3, 0.4) is 0 Å². The van der Waals surface area contributed by atoms with Crippen LogP contribution < -0.4 is 18.3 Å². The lowest BCUT2D eigenvalue weighted by molar-refractivity contribution is -0.660. The zero-order valence-electron chi connectivity index (χ0n) is 76.5. The lowest BCUT2D eigenvalue weighted by Gasteiger charge is -2.14. The first-order valence-corrected chi connectivity index (χ1v) is 33.3. The minimum atomic E-state index is -2.64. The molecule has 0 saturated heterocycles. The minimum absolute atomic E-state index is 0.0813. The van der Waals surface area contributed by atoms with Gasteiger partial charge in [0.05, 0.1) is 0 Å². The van der Waals surface area contributed by atoms with Crippen molar-refractivity contribution in [1.29, 1.82) is 0 Å². The van der Waals surface area contributed by atoms with Gasteiger partial charge in [0, 0.05) is 92.1 Å². The van der Waals surface area contributed by atoms with Crippen LogP contribution in [0.5, 0.6) is 0 Å². The van der Waals surface area contributed by atoms with Crippen LogP contribution in [0.1, 0.15) is 174 Å². The highest BCUT2D eigenvalue weighted by Gasteiger charge is 2.20. The highest BCUT2D eigenvalue weighted by Crippen LogP contribution is 2.34. The number of hydrogen-bond acceptors (Lipinski definition) is 0. The van der Waals surface area contributed by atoms with E-state index in [-0.39, 0.29) is 22.3 Å². The van der Waals surface area contributed by atoms with Crippen molar-refractivity contribution < 1.29 is 41.6 Å². The van der Waals surface area contributed by atoms with E-state index in [0.29, 0.717) is 34.1 Å². The molecule has 0 saturated carbocycles. The number of aromatic nitrogens is 4. The molecule has 4 heterocycles. The summed E-state index contributed by atoms with van der Waals surface area (Å²) >= 11 is 0. The Kier molecular flexibility index (Phi) is 17.0. The molecule has 12 rings (SSSR count). The Labute approximate surface area is 607 Å². The molecule has 0 fully saturated rings. The van der Waals surface area contributed by atoms with Crippen molar-refractivity contribution in [2.24, 2.45) is 28.2 Å². The lowest BCUT2D eigenvalue weighted by atomic mass is 9.91. The van der Waals surface area contributed by atoms with E-state index in [1.807, 2.05) is 135 Å². The number of benzene rings is 8. The molecule has 0 aliphatic carbocycles. The molecule has 0 N–H and O–H groups in total. The van der Waals surface area contributed by atoms with Gasteiger partial charge in [0.1, 0.15) is 28.2 Å². The van der Waals surface area contributed by atoms with Crippen LogP contribution in [0, 0.1) is 62.1 Å². The average Bonchev–Trinajstić information content (AvgIpc) is 0.755. The van der Waals surface area contributed by atoms with Gasteiger partial charge in [-0.3, -0.25) is 0 Å². The van der Waals surface area contributed by atoms with Gasteiger partial charge in [0.2, 0.25) is 22.8 Å². The summed E-state index contributed by atoms with van der Waals surface area (Å²) in [4.78, 5) is 0. The van der Waals surface area contributed by atoms with Gasteiger partial charge < -0.3 is 0 Å². The van der Waals surface area contributed by atoms with Crippen molar-refractivity contribution in [3.8, 4) is 89.5 Å². The molecule has 4 nitrogen and oxygen atoms in total. The van der Waals surface area contributed by atoms with Crippen molar-refractivity contribution in [3.05, 3.63) is 309 Å². The summed E-state index contributed by atoms with van der Waals surface area (Å²) in [5, 5.41) is 0. The Hall–Kier alpha value is -9.64. The maximum absolute atomic E-state index is 8.58. The van der Waals surface area contributed by atoms with Crippen LogP contribution in [0.2, 0.25) is 0 Å². The van der Waals surface area contributed by atoms with Gasteiger partial charge in [0.15, 0.2) is 24.8 Å². The first kappa shape index (κ1) is 51.6. The van der Waals surface area contributed by atoms with Crippen LogP contribution in [0.4, 0.5) is 0 Å². The fraction of sp³-hybridized carbons (Fsp3) is 0.269. The Balaban J connectivity index is 0.000000175. The van der Waals surface area contributed by atoms with E-state index in [1.165, 1.54) is 81.7 Å². The highest BCUT2D eigenvalue weighted by molar-refractivity contribution is 5.72. The van der Waals surface area contributed by atoms with Crippen LogP contribution >= 0.6 is 0 Å². The summed E-state index contributed by atoms with van der Waals surface area (Å²) in [6.45, 7) is 11.3. The number of rotatable bonds is 12. The molecule has 0 aliphatic rings. The Morgan fingerprint density at radius 1 is 0.278 bits per heavy atom. The first-order chi connectivity index (χ1) is 53.0. The largest absolute Gasteiger partial charge is 0.212 e. The number of nitrogens with zero attached hydrogens (tertiary/aromatic N) is 4. The maximum atomic E-state index is 8.58. The summed E-state index contributed by atoms with van der Waals surface area (Å²) in [5.41, 5.74) is 26.0.